The first kappa shape index (κ1) is 20.4. The minimum atomic E-state index is -3.34. The van der Waals surface area contributed by atoms with E-state index in [0.717, 1.165) is 0 Å². The maximum atomic E-state index is 12.7. The van der Waals surface area contributed by atoms with Gasteiger partial charge in [-0.05, 0) is 6.42 Å². The van der Waals surface area contributed by atoms with Crippen molar-refractivity contribution in [2.45, 2.75) is 49.8 Å². The highest BCUT2D eigenvalue weighted by Gasteiger charge is 2.43. The number of rotatable bonds is 8. The Bertz CT molecular complexity index is 455. The molecule has 8 atom stereocenters. The van der Waals surface area contributed by atoms with Crippen LogP contribution in [0, 0.1) is 5.92 Å². The maximum absolute atomic E-state index is 12.7. The monoisotopic (exact) mass is 358 g/mol. The molecule has 2 aliphatic rings. The Morgan fingerprint density at radius 3 is 2.50 bits per heavy atom. The summed E-state index contributed by atoms with van der Waals surface area (Å²) in [5.41, 5.74) is 0. The second-order valence-corrected chi connectivity index (χ2v) is 8.33. The first-order valence-electron chi connectivity index (χ1n) is 8.01. The zero-order valence-electron chi connectivity index (χ0n) is 14.6. The first-order chi connectivity index (χ1) is 11.3. The van der Waals surface area contributed by atoms with Gasteiger partial charge in [0.05, 0.1) is 25.4 Å². The normalized spacial score (nSPS) is 42.2. The van der Waals surface area contributed by atoms with Crippen molar-refractivity contribution < 1.29 is 32.6 Å². The van der Waals surface area contributed by atoms with Crippen molar-refractivity contribution in [3.05, 3.63) is 0 Å². The Balaban J connectivity index is 1.91. The molecular formula is C14H25B2O7P. The van der Waals surface area contributed by atoms with Crippen LogP contribution in [0.15, 0.2) is 0 Å². The number of methoxy groups -OCH3 is 2. The topological polar surface area (TPSA) is 72.5 Å². The lowest BCUT2D eigenvalue weighted by atomic mass is 9.86. The summed E-state index contributed by atoms with van der Waals surface area (Å²) < 4.78 is 45.4. The summed E-state index contributed by atoms with van der Waals surface area (Å²) in [6.07, 6.45) is -0.863. The molecule has 8 unspecified atom stereocenters. The zero-order chi connectivity index (χ0) is 17.9. The van der Waals surface area contributed by atoms with Gasteiger partial charge in [0.2, 0.25) is 0 Å². The van der Waals surface area contributed by atoms with Crippen molar-refractivity contribution in [3.8, 4) is 0 Å². The highest BCUT2D eigenvalue weighted by molar-refractivity contribution is 7.53. The van der Waals surface area contributed by atoms with E-state index in [1.807, 2.05) is 6.92 Å². The van der Waals surface area contributed by atoms with Crippen LogP contribution >= 0.6 is 7.60 Å². The summed E-state index contributed by atoms with van der Waals surface area (Å²) in [5, 5.41) is 0. The Labute approximate surface area is 146 Å². The van der Waals surface area contributed by atoms with Gasteiger partial charge in [-0.15, -0.1) is 0 Å². The van der Waals surface area contributed by atoms with E-state index in [-0.39, 0.29) is 30.8 Å². The smallest absolute Gasteiger partial charge is 0.328 e. The van der Waals surface area contributed by atoms with E-state index in [2.05, 4.69) is 0 Å². The summed E-state index contributed by atoms with van der Waals surface area (Å²) in [6, 6.07) is -0.905. The van der Waals surface area contributed by atoms with Gasteiger partial charge in [-0.25, -0.2) is 0 Å². The van der Waals surface area contributed by atoms with E-state index in [1.165, 1.54) is 6.66 Å². The van der Waals surface area contributed by atoms with Crippen molar-refractivity contribution in [1.29, 1.82) is 0 Å². The Morgan fingerprint density at radius 1 is 1.17 bits per heavy atom. The van der Waals surface area contributed by atoms with Crippen LogP contribution in [0.2, 0.25) is 0 Å². The molecule has 0 spiro atoms. The zero-order valence-corrected chi connectivity index (χ0v) is 15.5. The lowest BCUT2D eigenvalue weighted by Crippen LogP contribution is -2.32. The molecule has 0 saturated carbocycles. The summed E-state index contributed by atoms with van der Waals surface area (Å²) in [5.74, 6) is -0.134. The molecule has 24 heavy (non-hydrogen) atoms. The minimum absolute atomic E-state index is 0.0724. The summed E-state index contributed by atoms with van der Waals surface area (Å²) in [7, 11) is 11.4. The molecule has 0 aromatic rings. The average Bonchev–Trinajstić information content (AvgIpc) is 3.00. The van der Waals surface area contributed by atoms with Gasteiger partial charge >= 0.3 is 7.60 Å². The maximum Gasteiger partial charge on any atom is 0.328 e. The fraction of sp³-hybridized carbons (Fsp3) is 1.00. The van der Waals surface area contributed by atoms with Crippen LogP contribution in [0.3, 0.4) is 0 Å². The third-order valence-corrected chi connectivity index (χ3v) is 5.63. The highest BCUT2D eigenvalue weighted by atomic mass is 31.2. The lowest BCUT2D eigenvalue weighted by Gasteiger charge is -2.26. The molecule has 134 valence electrons. The predicted molar refractivity (Wildman–Crippen MR) is 89.6 cm³/mol. The summed E-state index contributed by atoms with van der Waals surface area (Å²) in [4.78, 5) is 0. The third-order valence-electron chi connectivity index (χ3n) is 4.38. The summed E-state index contributed by atoms with van der Waals surface area (Å²) >= 11 is 0. The quantitative estimate of drug-likeness (QED) is 0.467. The molecule has 0 aliphatic carbocycles. The Hall–Kier alpha value is 0.120. The second kappa shape index (κ2) is 8.67. The largest absolute Gasteiger partial charge is 0.382 e. The van der Waals surface area contributed by atoms with Crippen LogP contribution in [0.5, 0.6) is 0 Å². The Kier molecular flexibility index (Phi) is 7.38. The van der Waals surface area contributed by atoms with Gasteiger partial charge in [-0.1, -0.05) is 6.92 Å². The number of hydrogen-bond donors (Lipinski definition) is 0. The summed E-state index contributed by atoms with van der Waals surface area (Å²) in [6.45, 7) is 3.67. The molecule has 0 bridgehead atoms. The van der Waals surface area contributed by atoms with Gasteiger partial charge in [-0.2, -0.15) is 0 Å². The van der Waals surface area contributed by atoms with Crippen molar-refractivity contribution in [1.82, 2.24) is 0 Å². The predicted octanol–water partition coefficient (Wildman–Crippen LogP) is 0.685. The number of ether oxygens (including phenoxy) is 4. The van der Waals surface area contributed by atoms with E-state index < -0.39 is 25.7 Å². The molecule has 0 aromatic heterocycles. The van der Waals surface area contributed by atoms with Gasteiger partial charge in [0.1, 0.15) is 27.9 Å². The molecule has 2 aliphatic heterocycles. The standard InChI is InChI=1S/C14H25B2O7P/c1-8-13(11(6-18-2)22-14(8)16)23-24(4,17)20-7-10-9(19-3)5-12(15)21-10/h8-14H,5-7H2,1-4H3. The van der Waals surface area contributed by atoms with Crippen LogP contribution < -0.4 is 0 Å². The van der Waals surface area contributed by atoms with Crippen LogP contribution in [-0.4, -0.2) is 86.2 Å². The molecule has 4 radical (unpaired) electrons. The molecule has 0 aromatic carbocycles. The van der Waals surface area contributed by atoms with E-state index in [0.29, 0.717) is 13.0 Å². The van der Waals surface area contributed by atoms with Crippen molar-refractivity contribution in [2.24, 2.45) is 5.92 Å². The van der Waals surface area contributed by atoms with Crippen LogP contribution in [0.4, 0.5) is 0 Å². The fourth-order valence-electron chi connectivity index (χ4n) is 2.99. The van der Waals surface area contributed by atoms with Gasteiger partial charge < -0.3 is 28.0 Å². The molecule has 0 amide bonds. The van der Waals surface area contributed by atoms with E-state index in [1.54, 1.807) is 14.2 Å². The molecule has 2 rings (SSSR count). The number of hydrogen-bond acceptors (Lipinski definition) is 7. The van der Waals surface area contributed by atoms with Crippen molar-refractivity contribution in [2.75, 3.05) is 34.1 Å². The molecular weight excluding hydrogens is 333 g/mol. The molecule has 0 N–H and O–H groups in total. The van der Waals surface area contributed by atoms with Gasteiger partial charge in [0.25, 0.3) is 0 Å². The third kappa shape index (κ3) is 5.07. The molecule has 2 saturated heterocycles. The Morgan fingerprint density at radius 2 is 1.88 bits per heavy atom. The average molecular weight is 358 g/mol. The molecule has 10 heteroatoms. The van der Waals surface area contributed by atoms with Crippen LogP contribution in [0.1, 0.15) is 13.3 Å². The van der Waals surface area contributed by atoms with Crippen molar-refractivity contribution in [3.63, 3.8) is 0 Å². The van der Waals surface area contributed by atoms with E-state index in [9.17, 15) is 4.57 Å². The SMILES string of the molecule is [B]C1CC(OC)C(COP(C)(=O)OC2C(COC)OC([B])C2C)O1. The first-order valence-corrected chi connectivity index (χ1v) is 10.0. The molecule has 7 nitrogen and oxygen atoms in total. The highest BCUT2D eigenvalue weighted by Crippen LogP contribution is 2.49. The molecule has 2 heterocycles. The fourth-order valence-corrected chi connectivity index (χ4v) is 4.24. The van der Waals surface area contributed by atoms with Crippen LogP contribution in [0.25, 0.3) is 0 Å². The van der Waals surface area contributed by atoms with Gasteiger partial charge in [0.15, 0.2) is 0 Å². The van der Waals surface area contributed by atoms with Crippen molar-refractivity contribution >= 4 is 23.3 Å². The second-order valence-electron chi connectivity index (χ2n) is 6.31. The molecule has 2 fully saturated rings. The minimum Gasteiger partial charge on any atom is -0.382 e. The lowest BCUT2D eigenvalue weighted by molar-refractivity contribution is -0.0292. The van der Waals surface area contributed by atoms with Crippen LogP contribution in [-0.2, 0) is 32.6 Å². The van der Waals surface area contributed by atoms with Gasteiger partial charge in [0, 0.05) is 38.8 Å². The van der Waals surface area contributed by atoms with E-state index in [4.69, 9.17) is 43.7 Å². The van der Waals surface area contributed by atoms with Gasteiger partial charge in [-0.3, -0.25) is 4.57 Å². The van der Waals surface area contributed by atoms with E-state index >= 15 is 0 Å².